The third kappa shape index (κ3) is 3.39. The van der Waals surface area contributed by atoms with Crippen LogP contribution in [-0.4, -0.2) is 13.8 Å². The zero-order valence-corrected chi connectivity index (χ0v) is 4.99. The molecule has 0 unspecified atom stereocenters. The predicted molar refractivity (Wildman–Crippen MR) is 33.3 cm³/mol. The van der Waals surface area contributed by atoms with Crippen LogP contribution in [0.2, 0.25) is 0 Å². The first-order valence-corrected chi connectivity index (χ1v) is 2.44. The molecule has 0 amide bonds. The van der Waals surface area contributed by atoms with E-state index >= 15 is 0 Å². The van der Waals surface area contributed by atoms with Crippen molar-refractivity contribution in [3.63, 3.8) is 0 Å². The molecule has 40 valence electrons. The average Bonchev–Trinajstić information content (AvgIpc) is 1.68. The first-order chi connectivity index (χ1) is 3.31. The molecule has 0 aromatic carbocycles. The van der Waals surface area contributed by atoms with Gasteiger partial charge >= 0.3 is 0 Å². The van der Waals surface area contributed by atoms with E-state index in [4.69, 9.17) is 0 Å². The summed E-state index contributed by atoms with van der Waals surface area (Å²) < 4.78 is 8.07. The molecule has 0 rings (SSSR count). The Hall–Kier alpha value is -0.440. The summed E-state index contributed by atoms with van der Waals surface area (Å²) in [5.74, 6) is 0. The highest BCUT2D eigenvalue weighted by atomic mass is 32.2. The molecule has 7 heavy (non-hydrogen) atoms. The Morgan fingerprint density at radius 1 is 1.86 bits per heavy atom. The quantitative estimate of drug-likeness (QED) is 0.317. The normalized spacial score (nSPS) is 7.57. The lowest BCUT2D eigenvalue weighted by molar-refractivity contribution is 0.326. The first-order valence-electron chi connectivity index (χ1n) is 1.67. The van der Waals surface area contributed by atoms with Crippen LogP contribution in [0.1, 0.15) is 0 Å². The van der Waals surface area contributed by atoms with Crippen LogP contribution in [0, 0.1) is 0 Å². The molecule has 3 heteroatoms. The summed E-state index contributed by atoms with van der Waals surface area (Å²) in [6.45, 7) is 6.69. The summed E-state index contributed by atoms with van der Waals surface area (Å²) in [7, 11) is 1.54. The van der Waals surface area contributed by atoms with Gasteiger partial charge in [-0.15, -0.1) is 0 Å². The summed E-state index contributed by atoms with van der Waals surface area (Å²) in [5, 5.41) is 0.565. The van der Waals surface area contributed by atoms with E-state index in [1.165, 1.54) is 0 Å². The lowest BCUT2D eigenvalue weighted by Crippen LogP contribution is -1.71. The first kappa shape index (κ1) is 6.56. The van der Waals surface area contributed by atoms with E-state index in [9.17, 15) is 0 Å². The molecular formula is C4H7NOS. The van der Waals surface area contributed by atoms with E-state index in [1.54, 1.807) is 7.11 Å². The molecule has 0 radical (unpaired) electrons. The Morgan fingerprint density at radius 2 is 2.43 bits per heavy atom. The Morgan fingerprint density at radius 3 is 2.57 bits per heavy atom. The number of rotatable bonds is 3. The molecule has 0 saturated heterocycles. The fourth-order valence-corrected chi connectivity index (χ4v) is 0.328. The van der Waals surface area contributed by atoms with Crippen molar-refractivity contribution < 1.29 is 4.74 Å². The van der Waals surface area contributed by atoms with E-state index in [2.05, 4.69) is 22.4 Å². The second kappa shape index (κ2) is 3.74. The third-order valence-corrected chi connectivity index (χ3v) is 0.893. The fraction of sp³-hybridized carbons (Fsp3) is 0.250. The lowest BCUT2D eigenvalue weighted by Gasteiger charge is -1.93. The molecular weight excluding hydrogens is 110 g/mol. The van der Waals surface area contributed by atoms with Crippen molar-refractivity contribution in [2.75, 3.05) is 7.11 Å². The smallest absolute Gasteiger partial charge is 0.167 e. The Balaban J connectivity index is 3.17. The summed E-state index contributed by atoms with van der Waals surface area (Å²) in [6, 6.07) is 0. The van der Waals surface area contributed by atoms with Crippen LogP contribution in [0.15, 0.2) is 16.1 Å². The van der Waals surface area contributed by atoms with Crippen LogP contribution >= 0.6 is 11.9 Å². The molecule has 0 aromatic heterocycles. The highest BCUT2D eigenvalue weighted by molar-refractivity contribution is 8.01. The van der Waals surface area contributed by atoms with Gasteiger partial charge in [-0.25, -0.2) is 4.40 Å². The predicted octanol–water partition coefficient (Wildman–Crippen LogP) is 1.45. The number of hydrogen-bond donors (Lipinski definition) is 0. The molecule has 0 aromatic rings. The van der Waals surface area contributed by atoms with Gasteiger partial charge in [-0.2, -0.15) is 0 Å². The Kier molecular flexibility index (Phi) is 3.50. The maximum absolute atomic E-state index is 4.63. The van der Waals surface area contributed by atoms with E-state index in [-0.39, 0.29) is 0 Å². The van der Waals surface area contributed by atoms with Gasteiger partial charge in [0.1, 0.15) is 0 Å². The Bertz CT molecular complexity index is 81.8. The molecule has 0 fully saturated rings. The van der Waals surface area contributed by atoms with Gasteiger partial charge in [-0.3, -0.25) is 0 Å². The zero-order chi connectivity index (χ0) is 5.70. The summed E-state index contributed by atoms with van der Waals surface area (Å²) in [5.41, 5.74) is 0. The van der Waals surface area contributed by atoms with E-state index < -0.39 is 0 Å². The van der Waals surface area contributed by atoms with Gasteiger partial charge in [0.2, 0.25) is 0 Å². The number of ether oxygens (including phenoxy) is 1. The minimum atomic E-state index is 0.565. The number of methoxy groups -OCH3 is 1. The van der Waals surface area contributed by atoms with Crippen LogP contribution in [0.5, 0.6) is 0 Å². The number of nitrogens with zero attached hydrogens (tertiary/aromatic N) is 1. The molecule has 0 bridgehead atoms. The molecule has 0 aliphatic heterocycles. The van der Waals surface area contributed by atoms with E-state index in [0.29, 0.717) is 5.09 Å². The maximum atomic E-state index is 4.63. The van der Waals surface area contributed by atoms with E-state index in [1.807, 2.05) is 0 Å². The van der Waals surface area contributed by atoms with Gasteiger partial charge in [-0.05, 0) is 13.3 Å². The van der Waals surface area contributed by atoms with Crippen LogP contribution in [0.25, 0.3) is 0 Å². The van der Waals surface area contributed by atoms with Crippen molar-refractivity contribution in [3.8, 4) is 0 Å². The monoisotopic (exact) mass is 117 g/mol. The van der Waals surface area contributed by atoms with Gasteiger partial charge in [0.05, 0.1) is 7.11 Å². The molecule has 0 spiro atoms. The molecule has 2 nitrogen and oxygen atoms in total. The molecule has 0 aliphatic carbocycles. The van der Waals surface area contributed by atoms with Gasteiger partial charge in [0.25, 0.3) is 0 Å². The largest absolute Gasteiger partial charge is 0.489 e. The summed E-state index contributed by atoms with van der Waals surface area (Å²) >= 11 is 1.13. The van der Waals surface area contributed by atoms with Crippen molar-refractivity contribution in [3.05, 3.63) is 11.7 Å². The van der Waals surface area contributed by atoms with Crippen molar-refractivity contribution in [1.82, 2.24) is 0 Å². The van der Waals surface area contributed by atoms with Crippen LogP contribution in [-0.2, 0) is 4.74 Å². The SMILES string of the molecule is C=NSC(=C)OC. The lowest BCUT2D eigenvalue weighted by atomic mass is 11.1. The van der Waals surface area contributed by atoms with Crippen LogP contribution in [0.3, 0.4) is 0 Å². The minimum Gasteiger partial charge on any atom is -0.489 e. The molecule has 0 atom stereocenters. The van der Waals surface area contributed by atoms with Gasteiger partial charge in [-0.1, -0.05) is 0 Å². The van der Waals surface area contributed by atoms with Crippen molar-refractivity contribution >= 4 is 18.7 Å². The third-order valence-electron chi connectivity index (χ3n) is 0.394. The molecule has 0 N–H and O–H groups in total. The molecule has 0 aliphatic rings. The average molecular weight is 117 g/mol. The van der Waals surface area contributed by atoms with Crippen molar-refractivity contribution in [2.45, 2.75) is 0 Å². The van der Waals surface area contributed by atoms with Crippen LogP contribution in [0.4, 0.5) is 0 Å². The minimum absolute atomic E-state index is 0.565. The molecule has 0 saturated carbocycles. The second-order valence-corrected chi connectivity index (χ2v) is 1.69. The summed E-state index contributed by atoms with van der Waals surface area (Å²) in [4.78, 5) is 0. The Labute approximate surface area is 47.4 Å². The second-order valence-electron chi connectivity index (χ2n) is 0.797. The fourth-order valence-electron chi connectivity index (χ4n) is 0.109. The van der Waals surface area contributed by atoms with Crippen molar-refractivity contribution in [2.24, 2.45) is 4.40 Å². The summed E-state index contributed by atoms with van der Waals surface area (Å²) in [6.07, 6.45) is 0. The van der Waals surface area contributed by atoms with Gasteiger partial charge in [0, 0.05) is 11.9 Å². The van der Waals surface area contributed by atoms with Crippen molar-refractivity contribution in [1.29, 1.82) is 0 Å². The highest BCUT2D eigenvalue weighted by Crippen LogP contribution is 2.12. The standard InChI is InChI=1S/C4H7NOS/c1-4(6-3)7-5-2/h1-2H2,3H3. The zero-order valence-electron chi connectivity index (χ0n) is 4.18. The maximum Gasteiger partial charge on any atom is 0.167 e. The van der Waals surface area contributed by atoms with E-state index in [0.717, 1.165) is 11.9 Å². The highest BCUT2D eigenvalue weighted by Gasteiger charge is 1.83. The van der Waals surface area contributed by atoms with Crippen LogP contribution < -0.4 is 0 Å². The van der Waals surface area contributed by atoms with Gasteiger partial charge < -0.3 is 4.74 Å². The molecule has 0 heterocycles. The number of hydrogen-bond acceptors (Lipinski definition) is 3. The van der Waals surface area contributed by atoms with Gasteiger partial charge in [0.15, 0.2) is 5.09 Å². The topological polar surface area (TPSA) is 21.6 Å².